The van der Waals surface area contributed by atoms with Gasteiger partial charge in [0.05, 0.1) is 22.9 Å². The van der Waals surface area contributed by atoms with Crippen molar-refractivity contribution in [1.82, 2.24) is 5.32 Å². The molecular formula is C13H20BrNO2. The molecule has 0 amide bonds. The van der Waals surface area contributed by atoms with E-state index >= 15 is 0 Å². The number of rotatable bonds is 5. The molecule has 1 aromatic heterocycles. The zero-order valence-electron chi connectivity index (χ0n) is 10.2. The van der Waals surface area contributed by atoms with Crippen LogP contribution in [-0.2, 0) is 4.74 Å². The summed E-state index contributed by atoms with van der Waals surface area (Å²) in [5.41, 5.74) is 0. The zero-order chi connectivity index (χ0) is 12.1. The first-order valence-corrected chi connectivity index (χ1v) is 7.12. The van der Waals surface area contributed by atoms with Gasteiger partial charge in [0.25, 0.3) is 0 Å². The molecule has 0 saturated carbocycles. The number of hydrogen-bond donors (Lipinski definition) is 1. The van der Waals surface area contributed by atoms with Crippen LogP contribution in [0.1, 0.15) is 43.9 Å². The number of furan rings is 1. The molecule has 2 unspecified atom stereocenters. The molecule has 3 nitrogen and oxygen atoms in total. The summed E-state index contributed by atoms with van der Waals surface area (Å²) in [7, 11) is 1.97. The van der Waals surface area contributed by atoms with Crippen molar-refractivity contribution < 1.29 is 9.15 Å². The standard InChI is InChI=1S/C13H20BrNO2/c1-15-12(13-11(14)7-9-17-13)6-5-10-4-2-3-8-16-10/h7,9-10,12,15H,2-6,8H2,1H3. The van der Waals surface area contributed by atoms with Crippen molar-refractivity contribution in [1.29, 1.82) is 0 Å². The van der Waals surface area contributed by atoms with Crippen LogP contribution in [0.25, 0.3) is 0 Å². The fourth-order valence-electron chi connectivity index (χ4n) is 2.35. The van der Waals surface area contributed by atoms with Gasteiger partial charge in [-0.25, -0.2) is 0 Å². The summed E-state index contributed by atoms with van der Waals surface area (Å²) in [5, 5.41) is 3.31. The first kappa shape index (κ1) is 13.1. The molecule has 4 heteroatoms. The molecule has 0 spiro atoms. The summed E-state index contributed by atoms with van der Waals surface area (Å²) in [6.07, 6.45) is 8.03. The molecule has 1 saturated heterocycles. The lowest BCUT2D eigenvalue weighted by atomic mass is 10.0. The molecule has 17 heavy (non-hydrogen) atoms. The predicted octanol–water partition coefficient (Wildman–Crippen LogP) is 3.65. The Hall–Kier alpha value is -0.320. The Balaban J connectivity index is 1.85. The number of nitrogens with one attached hydrogen (secondary N) is 1. The third-order valence-corrected chi connectivity index (χ3v) is 4.02. The molecule has 2 rings (SSSR count). The lowest BCUT2D eigenvalue weighted by Gasteiger charge is -2.24. The van der Waals surface area contributed by atoms with E-state index in [0.717, 1.165) is 29.7 Å². The highest BCUT2D eigenvalue weighted by Gasteiger charge is 2.20. The van der Waals surface area contributed by atoms with E-state index in [1.165, 1.54) is 19.3 Å². The summed E-state index contributed by atoms with van der Waals surface area (Å²) >= 11 is 3.51. The Bertz CT molecular complexity index is 334. The maximum Gasteiger partial charge on any atom is 0.134 e. The van der Waals surface area contributed by atoms with Crippen molar-refractivity contribution in [2.45, 2.75) is 44.2 Å². The number of halogens is 1. The van der Waals surface area contributed by atoms with Gasteiger partial charge in [0, 0.05) is 6.61 Å². The lowest BCUT2D eigenvalue weighted by Crippen LogP contribution is -2.22. The molecule has 2 atom stereocenters. The van der Waals surface area contributed by atoms with E-state index < -0.39 is 0 Å². The number of ether oxygens (including phenoxy) is 1. The van der Waals surface area contributed by atoms with Gasteiger partial charge in [-0.3, -0.25) is 0 Å². The summed E-state index contributed by atoms with van der Waals surface area (Å²) in [5.74, 6) is 0.989. The van der Waals surface area contributed by atoms with E-state index in [4.69, 9.17) is 9.15 Å². The van der Waals surface area contributed by atoms with Gasteiger partial charge in [-0.15, -0.1) is 0 Å². The largest absolute Gasteiger partial charge is 0.466 e. The Kier molecular flexibility index (Phi) is 5.07. The van der Waals surface area contributed by atoms with Crippen LogP contribution in [0.5, 0.6) is 0 Å². The molecule has 96 valence electrons. The van der Waals surface area contributed by atoms with E-state index in [1.807, 2.05) is 13.1 Å². The minimum absolute atomic E-state index is 0.268. The fraction of sp³-hybridized carbons (Fsp3) is 0.692. The van der Waals surface area contributed by atoms with Crippen molar-refractivity contribution in [2.75, 3.05) is 13.7 Å². The first-order valence-electron chi connectivity index (χ1n) is 6.33. The fourth-order valence-corrected chi connectivity index (χ4v) is 2.83. The number of hydrogen-bond acceptors (Lipinski definition) is 3. The Morgan fingerprint density at radius 2 is 2.41 bits per heavy atom. The Morgan fingerprint density at radius 3 is 3.00 bits per heavy atom. The van der Waals surface area contributed by atoms with Crippen LogP contribution in [0.15, 0.2) is 21.2 Å². The SMILES string of the molecule is CNC(CCC1CCCCO1)c1occc1Br. The molecule has 1 N–H and O–H groups in total. The highest BCUT2D eigenvalue weighted by atomic mass is 79.9. The molecule has 1 aromatic rings. The van der Waals surface area contributed by atoms with Gasteiger partial charge in [-0.1, -0.05) is 0 Å². The smallest absolute Gasteiger partial charge is 0.134 e. The molecule has 1 fully saturated rings. The monoisotopic (exact) mass is 301 g/mol. The summed E-state index contributed by atoms with van der Waals surface area (Å²) in [4.78, 5) is 0. The third-order valence-electron chi connectivity index (χ3n) is 3.36. The molecular weight excluding hydrogens is 282 g/mol. The second-order valence-electron chi connectivity index (χ2n) is 4.54. The van der Waals surface area contributed by atoms with Crippen molar-refractivity contribution in [3.05, 3.63) is 22.6 Å². The minimum atomic E-state index is 0.268. The summed E-state index contributed by atoms with van der Waals surface area (Å²) in [6.45, 7) is 0.930. The molecule has 0 bridgehead atoms. The topological polar surface area (TPSA) is 34.4 Å². The Morgan fingerprint density at radius 1 is 1.53 bits per heavy atom. The van der Waals surface area contributed by atoms with Crippen molar-refractivity contribution in [2.24, 2.45) is 0 Å². The van der Waals surface area contributed by atoms with Crippen LogP contribution in [0.4, 0.5) is 0 Å². The van der Waals surface area contributed by atoms with Crippen LogP contribution in [0, 0.1) is 0 Å². The molecule has 1 aliphatic heterocycles. The molecule has 2 heterocycles. The van der Waals surface area contributed by atoms with Crippen LogP contribution in [-0.4, -0.2) is 19.8 Å². The highest BCUT2D eigenvalue weighted by molar-refractivity contribution is 9.10. The van der Waals surface area contributed by atoms with Crippen molar-refractivity contribution >= 4 is 15.9 Å². The van der Waals surface area contributed by atoms with Gasteiger partial charge in [-0.2, -0.15) is 0 Å². The van der Waals surface area contributed by atoms with Gasteiger partial charge < -0.3 is 14.5 Å². The van der Waals surface area contributed by atoms with Gasteiger partial charge >= 0.3 is 0 Å². The molecule has 1 aliphatic rings. The normalized spacial score (nSPS) is 22.6. The van der Waals surface area contributed by atoms with Crippen molar-refractivity contribution in [3.63, 3.8) is 0 Å². The third kappa shape index (κ3) is 3.57. The second kappa shape index (κ2) is 6.57. The van der Waals surface area contributed by atoms with E-state index in [-0.39, 0.29) is 6.04 Å². The van der Waals surface area contributed by atoms with Crippen LogP contribution < -0.4 is 5.32 Å². The lowest BCUT2D eigenvalue weighted by molar-refractivity contribution is 0.00832. The minimum Gasteiger partial charge on any atom is -0.466 e. The van der Waals surface area contributed by atoms with E-state index in [1.54, 1.807) is 6.26 Å². The quantitative estimate of drug-likeness (QED) is 0.901. The zero-order valence-corrected chi connectivity index (χ0v) is 11.8. The van der Waals surface area contributed by atoms with E-state index in [9.17, 15) is 0 Å². The van der Waals surface area contributed by atoms with E-state index in [0.29, 0.717) is 6.10 Å². The first-order chi connectivity index (χ1) is 8.31. The average molecular weight is 302 g/mol. The molecule has 0 aromatic carbocycles. The maximum absolute atomic E-state index is 5.75. The second-order valence-corrected chi connectivity index (χ2v) is 5.39. The molecule has 0 radical (unpaired) electrons. The highest BCUT2D eigenvalue weighted by Crippen LogP contribution is 2.29. The van der Waals surface area contributed by atoms with Gasteiger partial charge in [0.1, 0.15) is 5.76 Å². The summed E-state index contributed by atoms with van der Waals surface area (Å²) in [6, 6.07) is 2.21. The van der Waals surface area contributed by atoms with Gasteiger partial charge in [-0.05, 0) is 61.1 Å². The van der Waals surface area contributed by atoms with Crippen molar-refractivity contribution in [3.8, 4) is 0 Å². The Labute approximate surface area is 111 Å². The van der Waals surface area contributed by atoms with E-state index in [2.05, 4.69) is 21.2 Å². The predicted molar refractivity (Wildman–Crippen MR) is 71.0 cm³/mol. The van der Waals surface area contributed by atoms with Crippen LogP contribution in [0.2, 0.25) is 0 Å². The van der Waals surface area contributed by atoms with Crippen LogP contribution >= 0.6 is 15.9 Å². The summed E-state index contributed by atoms with van der Waals surface area (Å²) < 4.78 is 12.3. The van der Waals surface area contributed by atoms with Gasteiger partial charge in [0.2, 0.25) is 0 Å². The molecule has 0 aliphatic carbocycles. The average Bonchev–Trinajstić information content (AvgIpc) is 2.78. The van der Waals surface area contributed by atoms with Crippen LogP contribution in [0.3, 0.4) is 0 Å². The van der Waals surface area contributed by atoms with Gasteiger partial charge in [0.15, 0.2) is 0 Å². The maximum atomic E-state index is 5.75.